The zero-order valence-electron chi connectivity index (χ0n) is 17.5. The van der Waals surface area contributed by atoms with E-state index >= 15 is 0 Å². The van der Waals surface area contributed by atoms with Crippen LogP contribution in [-0.4, -0.2) is 30.6 Å². The molecule has 3 rings (SSSR count). The lowest BCUT2D eigenvalue weighted by Crippen LogP contribution is -2.48. The number of carbonyl (C=O) groups excluding carboxylic acids is 2. The Morgan fingerprint density at radius 1 is 0.781 bits per heavy atom. The van der Waals surface area contributed by atoms with Crippen molar-refractivity contribution in [2.45, 2.75) is 6.42 Å². The fourth-order valence-electron chi connectivity index (χ4n) is 2.77. The number of hydrogen-bond acceptors (Lipinski definition) is 5. The molecule has 7 nitrogen and oxygen atoms in total. The number of hydrazine groups is 1. The molecule has 0 fully saturated rings. The van der Waals surface area contributed by atoms with Crippen LogP contribution in [0.1, 0.15) is 26.3 Å². The maximum atomic E-state index is 12.3. The molecule has 2 amide bonds. The number of hydrogen-bond donors (Lipinski definition) is 3. The van der Waals surface area contributed by atoms with Crippen LogP contribution in [-0.2, 0) is 6.42 Å². The first-order chi connectivity index (χ1) is 15.5. The fraction of sp³-hybridized carbons (Fsp3) is 0.125. The molecule has 3 aromatic carbocycles. The van der Waals surface area contributed by atoms with Gasteiger partial charge in [-0.3, -0.25) is 25.8 Å². The van der Waals surface area contributed by atoms with Crippen molar-refractivity contribution in [1.82, 2.24) is 16.2 Å². The third-order valence-corrected chi connectivity index (χ3v) is 4.69. The summed E-state index contributed by atoms with van der Waals surface area (Å²) in [6.45, 7) is 0.539. The second kappa shape index (κ2) is 11.5. The summed E-state index contributed by atoms with van der Waals surface area (Å²) in [6.07, 6.45) is 0.797. The molecule has 0 saturated carbocycles. The zero-order valence-corrected chi connectivity index (χ0v) is 18.3. The standard InChI is InChI=1S/C24H23N3O4S/c1-30-20-11-7-19(8-12-20)23(29)26-27-24(32)25-22(28)18-9-13-21(14-10-18)31-16-15-17-5-3-2-4-6-17/h2-14H,15-16H2,1H3,(H,26,29)(H2,25,27,28,32). The van der Waals surface area contributed by atoms with E-state index in [2.05, 4.69) is 16.2 Å². The van der Waals surface area contributed by atoms with E-state index in [1.165, 1.54) is 5.56 Å². The molecule has 164 valence electrons. The van der Waals surface area contributed by atoms with Gasteiger partial charge in [0.05, 0.1) is 13.7 Å². The van der Waals surface area contributed by atoms with Crippen LogP contribution in [0.3, 0.4) is 0 Å². The summed E-state index contributed by atoms with van der Waals surface area (Å²) in [5.74, 6) is 0.508. The number of benzene rings is 3. The molecule has 8 heteroatoms. The van der Waals surface area contributed by atoms with Gasteiger partial charge in [0.1, 0.15) is 11.5 Å². The molecule has 0 bridgehead atoms. The molecule has 0 aliphatic rings. The predicted molar refractivity (Wildman–Crippen MR) is 126 cm³/mol. The van der Waals surface area contributed by atoms with Crippen molar-refractivity contribution in [3.63, 3.8) is 0 Å². The second-order valence-electron chi connectivity index (χ2n) is 6.70. The van der Waals surface area contributed by atoms with Crippen LogP contribution in [0, 0.1) is 0 Å². The van der Waals surface area contributed by atoms with Crippen LogP contribution in [0.4, 0.5) is 0 Å². The maximum Gasteiger partial charge on any atom is 0.269 e. The summed E-state index contributed by atoms with van der Waals surface area (Å²) in [5.41, 5.74) is 6.96. The van der Waals surface area contributed by atoms with Crippen molar-refractivity contribution in [2.75, 3.05) is 13.7 Å². The van der Waals surface area contributed by atoms with E-state index in [-0.39, 0.29) is 5.11 Å². The maximum absolute atomic E-state index is 12.3. The molecule has 0 heterocycles. The second-order valence-corrected chi connectivity index (χ2v) is 7.11. The van der Waals surface area contributed by atoms with Gasteiger partial charge in [-0.1, -0.05) is 30.3 Å². The first-order valence-corrected chi connectivity index (χ1v) is 10.3. The minimum atomic E-state index is -0.406. The number of rotatable bonds is 7. The fourth-order valence-corrected chi connectivity index (χ4v) is 2.91. The van der Waals surface area contributed by atoms with Gasteiger partial charge in [0.25, 0.3) is 11.8 Å². The van der Waals surface area contributed by atoms with Crippen LogP contribution in [0.5, 0.6) is 11.5 Å². The van der Waals surface area contributed by atoms with E-state index in [1.807, 2.05) is 30.3 Å². The van der Waals surface area contributed by atoms with Crippen LogP contribution >= 0.6 is 12.2 Å². The monoisotopic (exact) mass is 449 g/mol. The van der Waals surface area contributed by atoms with Crippen molar-refractivity contribution < 1.29 is 19.1 Å². The van der Waals surface area contributed by atoms with Gasteiger partial charge in [-0.05, 0) is 66.3 Å². The molecule has 0 aliphatic heterocycles. The Morgan fingerprint density at radius 2 is 1.38 bits per heavy atom. The van der Waals surface area contributed by atoms with Gasteiger partial charge < -0.3 is 9.47 Å². The molecule has 0 atom stereocenters. The van der Waals surface area contributed by atoms with Crippen molar-refractivity contribution in [3.8, 4) is 11.5 Å². The van der Waals surface area contributed by atoms with E-state index in [0.717, 1.165) is 6.42 Å². The van der Waals surface area contributed by atoms with Gasteiger partial charge in [-0.2, -0.15) is 0 Å². The number of carbonyl (C=O) groups is 2. The van der Waals surface area contributed by atoms with E-state index in [4.69, 9.17) is 21.7 Å². The average molecular weight is 450 g/mol. The van der Waals surface area contributed by atoms with Crippen molar-refractivity contribution in [3.05, 3.63) is 95.6 Å². The summed E-state index contributed by atoms with van der Waals surface area (Å²) >= 11 is 5.07. The number of ether oxygens (including phenoxy) is 2. The smallest absolute Gasteiger partial charge is 0.269 e. The van der Waals surface area contributed by atoms with Crippen LogP contribution < -0.4 is 25.6 Å². The lowest BCUT2D eigenvalue weighted by molar-refractivity contribution is 0.0934. The van der Waals surface area contributed by atoms with Gasteiger partial charge >= 0.3 is 0 Å². The highest BCUT2D eigenvalue weighted by atomic mass is 32.1. The van der Waals surface area contributed by atoms with Gasteiger partial charge in [0.2, 0.25) is 0 Å². The highest BCUT2D eigenvalue weighted by Gasteiger charge is 2.10. The third kappa shape index (κ3) is 6.82. The van der Waals surface area contributed by atoms with Gasteiger partial charge in [0, 0.05) is 17.5 Å². The molecule has 3 N–H and O–H groups in total. The molecule has 0 aliphatic carbocycles. The Bertz CT molecular complexity index is 1050. The largest absolute Gasteiger partial charge is 0.497 e. The van der Waals surface area contributed by atoms with E-state index < -0.39 is 11.8 Å². The summed E-state index contributed by atoms with van der Waals surface area (Å²) in [4.78, 5) is 24.5. The molecule has 0 saturated heterocycles. The Morgan fingerprint density at radius 3 is 2.00 bits per heavy atom. The number of amides is 2. The highest BCUT2D eigenvalue weighted by molar-refractivity contribution is 7.80. The summed E-state index contributed by atoms with van der Waals surface area (Å²) < 4.78 is 10.8. The first kappa shape index (κ1) is 22.8. The quantitative estimate of drug-likeness (QED) is 0.379. The van der Waals surface area contributed by atoms with E-state index in [9.17, 15) is 9.59 Å². The van der Waals surface area contributed by atoms with Crippen LogP contribution in [0.15, 0.2) is 78.9 Å². The number of nitrogens with one attached hydrogen (secondary N) is 3. The molecule has 0 spiro atoms. The molecular weight excluding hydrogens is 426 g/mol. The molecule has 0 aromatic heterocycles. The number of thiocarbonyl (C=S) groups is 1. The lowest BCUT2D eigenvalue weighted by Gasteiger charge is -2.11. The minimum Gasteiger partial charge on any atom is -0.497 e. The van der Waals surface area contributed by atoms with E-state index in [0.29, 0.717) is 29.2 Å². The third-order valence-electron chi connectivity index (χ3n) is 4.49. The summed E-state index contributed by atoms with van der Waals surface area (Å²) in [6, 6.07) is 23.4. The average Bonchev–Trinajstić information content (AvgIpc) is 2.83. The predicted octanol–water partition coefficient (Wildman–Crippen LogP) is 3.27. The first-order valence-electron chi connectivity index (χ1n) is 9.87. The zero-order chi connectivity index (χ0) is 22.8. The topological polar surface area (TPSA) is 88.7 Å². The Balaban J connectivity index is 1.42. The highest BCUT2D eigenvalue weighted by Crippen LogP contribution is 2.13. The molecule has 0 unspecified atom stereocenters. The molecular formula is C24H23N3O4S. The Hall–Kier alpha value is -3.91. The van der Waals surface area contributed by atoms with Gasteiger partial charge in [-0.15, -0.1) is 0 Å². The number of methoxy groups -OCH3 is 1. The van der Waals surface area contributed by atoms with Crippen LogP contribution in [0.2, 0.25) is 0 Å². The summed E-state index contributed by atoms with van der Waals surface area (Å²) in [7, 11) is 1.55. The Kier molecular flexibility index (Phi) is 8.16. The van der Waals surface area contributed by atoms with Gasteiger partial charge in [-0.25, -0.2) is 0 Å². The minimum absolute atomic E-state index is 0.0277. The van der Waals surface area contributed by atoms with Crippen molar-refractivity contribution in [2.24, 2.45) is 0 Å². The molecule has 0 radical (unpaired) electrons. The van der Waals surface area contributed by atoms with Gasteiger partial charge in [0.15, 0.2) is 5.11 Å². The lowest BCUT2D eigenvalue weighted by atomic mass is 10.2. The molecule has 3 aromatic rings. The normalized spacial score (nSPS) is 10.0. The Labute approximate surface area is 191 Å². The SMILES string of the molecule is COc1ccc(C(=O)NNC(=S)NC(=O)c2ccc(OCCc3ccccc3)cc2)cc1. The molecule has 32 heavy (non-hydrogen) atoms. The van der Waals surface area contributed by atoms with Crippen LogP contribution in [0.25, 0.3) is 0 Å². The van der Waals surface area contributed by atoms with E-state index in [1.54, 1.807) is 55.6 Å². The summed E-state index contributed by atoms with van der Waals surface area (Å²) in [5, 5.41) is 2.48. The van der Waals surface area contributed by atoms with Crippen molar-refractivity contribution >= 4 is 29.1 Å². The van der Waals surface area contributed by atoms with Crippen molar-refractivity contribution in [1.29, 1.82) is 0 Å².